The van der Waals surface area contributed by atoms with Gasteiger partial charge in [0, 0.05) is 5.92 Å². The van der Waals surface area contributed by atoms with Gasteiger partial charge in [0.05, 0.1) is 0 Å². The van der Waals surface area contributed by atoms with Gasteiger partial charge in [-0.25, -0.2) is 0 Å². The number of hydrogen-bond donors (Lipinski definition) is 0. The summed E-state index contributed by atoms with van der Waals surface area (Å²) in [7, 11) is 0. The Morgan fingerprint density at radius 3 is 3.18 bits per heavy atom. The summed E-state index contributed by atoms with van der Waals surface area (Å²) in [6.07, 6.45) is 5.93. The summed E-state index contributed by atoms with van der Waals surface area (Å²) in [5.41, 5.74) is 0. The van der Waals surface area contributed by atoms with E-state index < -0.39 is 5.38 Å². The van der Waals surface area contributed by atoms with Crippen LogP contribution in [0.15, 0.2) is 12.2 Å². The SMILES string of the molecule is O=C1O[C@@H]2C=CCC[C@@H]2[C@H]1Cl. The lowest BCUT2D eigenvalue weighted by Gasteiger charge is -2.17. The van der Waals surface area contributed by atoms with Gasteiger partial charge in [0.25, 0.3) is 0 Å². The molecule has 0 spiro atoms. The van der Waals surface area contributed by atoms with Crippen molar-refractivity contribution < 1.29 is 9.53 Å². The van der Waals surface area contributed by atoms with Gasteiger partial charge >= 0.3 is 5.97 Å². The number of alkyl halides is 1. The van der Waals surface area contributed by atoms with Crippen molar-refractivity contribution in [2.75, 3.05) is 0 Å². The Labute approximate surface area is 70.2 Å². The maximum atomic E-state index is 11.0. The van der Waals surface area contributed by atoms with Crippen LogP contribution in [0.2, 0.25) is 0 Å². The number of allylic oxidation sites excluding steroid dienone is 1. The first-order chi connectivity index (χ1) is 5.29. The monoisotopic (exact) mass is 172 g/mol. The number of halogens is 1. The Balaban J connectivity index is 2.21. The molecule has 0 aromatic carbocycles. The summed E-state index contributed by atoms with van der Waals surface area (Å²) < 4.78 is 5.02. The molecule has 2 rings (SSSR count). The molecule has 0 saturated carbocycles. The second-order valence-electron chi connectivity index (χ2n) is 2.97. The zero-order chi connectivity index (χ0) is 7.84. The van der Waals surface area contributed by atoms with Gasteiger partial charge in [-0.05, 0) is 18.9 Å². The number of carbonyl (C=O) groups is 1. The lowest BCUT2D eigenvalue weighted by atomic mass is 9.91. The zero-order valence-corrected chi connectivity index (χ0v) is 6.75. The molecule has 1 saturated heterocycles. The number of fused-ring (bicyclic) bond motifs is 1. The third-order valence-electron chi connectivity index (χ3n) is 2.27. The minimum Gasteiger partial charge on any atom is -0.457 e. The van der Waals surface area contributed by atoms with Crippen molar-refractivity contribution in [2.45, 2.75) is 24.3 Å². The molecule has 0 radical (unpaired) electrons. The third kappa shape index (κ3) is 1.06. The Morgan fingerprint density at radius 1 is 1.64 bits per heavy atom. The summed E-state index contributed by atoms with van der Waals surface area (Å²) >= 11 is 5.83. The molecule has 0 bridgehead atoms. The summed E-state index contributed by atoms with van der Waals surface area (Å²) in [5, 5.41) is -0.412. The molecule has 1 aliphatic heterocycles. The zero-order valence-electron chi connectivity index (χ0n) is 6.00. The Kier molecular flexibility index (Phi) is 1.64. The molecule has 0 N–H and O–H groups in total. The number of ether oxygens (including phenoxy) is 1. The Bertz CT molecular complexity index is 212. The molecular formula is C8H9ClO2. The van der Waals surface area contributed by atoms with E-state index in [1.807, 2.05) is 12.2 Å². The number of hydrogen-bond acceptors (Lipinski definition) is 2. The Morgan fingerprint density at radius 2 is 2.45 bits per heavy atom. The van der Waals surface area contributed by atoms with Gasteiger partial charge in [0.2, 0.25) is 0 Å². The molecule has 0 unspecified atom stereocenters. The van der Waals surface area contributed by atoms with E-state index in [1.165, 1.54) is 0 Å². The van der Waals surface area contributed by atoms with Crippen molar-refractivity contribution in [2.24, 2.45) is 5.92 Å². The average Bonchev–Trinajstić information content (AvgIpc) is 2.30. The van der Waals surface area contributed by atoms with Crippen LogP contribution >= 0.6 is 11.6 Å². The van der Waals surface area contributed by atoms with Gasteiger partial charge in [0.15, 0.2) is 0 Å². The Hall–Kier alpha value is -0.500. The van der Waals surface area contributed by atoms with Gasteiger partial charge in [-0.3, -0.25) is 4.79 Å². The van der Waals surface area contributed by atoms with Crippen molar-refractivity contribution in [1.82, 2.24) is 0 Å². The number of esters is 1. The standard InChI is InChI=1S/C8H9ClO2/c9-7-5-3-1-2-4-6(5)11-8(7)10/h2,4-7H,1,3H2/t5-,6+,7+/m0/s1. The molecule has 3 atom stereocenters. The van der Waals surface area contributed by atoms with Gasteiger partial charge in [-0.15, -0.1) is 11.6 Å². The molecule has 2 nitrogen and oxygen atoms in total. The van der Waals surface area contributed by atoms with E-state index in [0.29, 0.717) is 0 Å². The van der Waals surface area contributed by atoms with Gasteiger partial charge < -0.3 is 4.74 Å². The minimum absolute atomic E-state index is 0.0428. The highest BCUT2D eigenvalue weighted by atomic mass is 35.5. The first-order valence-electron chi connectivity index (χ1n) is 3.80. The fraction of sp³-hybridized carbons (Fsp3) is 0.625. The summed E-state index contributed by atoms with van der Waals surface area (Å²) in [6, 6.07) is 0. The quantitative estimate of drug-likeness (QED) is 0.314. The van der Waals surface area contributed by atoms with Crippen molar-refractivity contribution in [3.8, 4) is 0 Å². The molecule has 1 heterocycles. The fourth-order valence-electron chi connectivity index (χ4n) is 1.64. The van der Waals surface area contributed by atoms with Crippen LogP contribution in [0.4, 0.5) is 0 Å². The lowest BCUT2D eigenvalue weighted by Crippen LogP contribution is -2.21. The van der Waals surface area contributed by atoms with E-state index >= 15 is 0 Å². The molecule has 1 aliphatic carbocycles. The predicted octanol–water partition coefficient (Wildman–Crippen LogP) is 1.49. The van der Waals surface area contributed by atoms with Crippen LogP contribution in [-0.2, 0) is 9.53 Å². The second kappa shape index (κ2) is 2.52. The fourth-order valence-corrected chi connectivity index (χ4v) is 1.96. The van der Waals surface area contributed by atoms with Crippen LogP contribution in [0.1, 0.15) is 12.8 Å². The first kappa shape index (κ1) is 7.17. The summed E-state index contributed by atoms with van der Waals surface area (Å²) in [4.78, 5) is 11.0. The average molecular weight is 173 g/mol. The van der Waals surface area contributed by atoms with E-state index in [4.69, 9.17) is 16.3 Å². The number of rotatable bonds is 0. The molecule has 0 amide bonds. The third-order valence-corrected chi connectivity index (χ3v) is 2.77. The van der Waals surface area contributed by atoms with Crippen molar-refractivity contribution in [3.63, 3.8) is 0 Å². The van der Waals surface area contributed by atoms with Crippen LogP contribution < -0.4 is 0 Å². The van der Waals surface area contributed by atoms with E-state index in [2.05, 4.69) is 0 Å². The van der Waals surface area contributed by atoms with Crippen LogP contribution in [-0.4, -0.2) is 17.5 Å². The largest absolute Gasteiger partial charge is 0.457 e. The van der Waals surface area contributed by atoms with Gasteiger partial charge in [0.1, 0.15) is 11.5 Å². The smallest absolute Gasteiger partial charge is 0.325 e. The van der Waals surface area contributed by atoms with Crippen LogP contribution in [0.3, 0.4) is 0 Å². The molecule has 0 aromatic rings. The van der Waals surface area contributed by atoms with Crippen molar-refractivity contribution in [1.29, 1.82) is 0 Å². The van der Waals surface area contributed by atoms with Crippen molar-refractivity contribution >= 4 is 17.6 Å². The van der Waals surface area contributed by atoms with E-state index in [-0.39, 0.29) is 18.0 Å². The topological polar surface area (TPSA) is 26.3 Å². The molecule has 0 aromatic heterocycles. The maximum absolute atomic E-state index is 11.0. The van der Waals surface area contributed by atoms with E-state index in [9.17, 15) is 4.79 Å². The molecule has 60 valence electrons. The normalized spacial score (nSPS) is 41.9. The van der Waals surface area contributed by atoms with Crippen LogP contribution in [0.5, 0.6) is 0 Å². The molecule has 2 aliphatic rings. The molecule has 1 fully saturated rings. The summed E-state index contributed by atoms with van der Waals surface area (Å²) in [6.45, 7) is 0. The predicted molar refractivity (Wildman–Crippen MR) is 41.4 cm³/mol. The highest BCUT2D eigenvalue weighted by Crippen LogP contribution is 2.34. The van der Waals surface area contributed by atoms with Crippen LogP contribution in [0, 0.1) is 5.92 Å². The summed E-state index contributed by atoms with van der Waals surface area (Å²) in [5.74, 6) is -0.0395. The van der Waals surface area contributed by atoms with E-state index in [1.54, 1.807) is 0 Å². The molecule has 11 heavy (non-hydrogen) atoms. The van der Waals surface area contributed by atoms with Crippen molar-refractivity contribution in [3.05, 3.63) is 12.2 Å². The second-order valence-corrected chi connectivity index (χ2v) is 3.44. The van der Waals surface area contributed by atoms with Crippen LogP contribution in [0.25, 0.3) is 0 Å². The maximum Gasteiger partial charge on any atom is 0.325 e. The number of carbonyl (C=O) groups excluding carboxylic acids is 1. The minimum atomic E-state index is -0.412. The highest BCUT2D eigenvalue weighted by Gasteiger charge is 2.42. The van der Waals surface area contributed by atoms with Gasteiger partial charge in [-0.2, -0.15) is 0 Å². The highest BCUT2D eigenvalue weighted by molar-refractivity contribution is 6.30. The first-order valence-corrected chi connectivity index (χ1v) is 4.24. The molecular weight excluding hydrogens is 164 g/mol. The molecule has 3 heteroatoms. The lowest BCUT2D eigenvalue weighted by molar-refractivity contribution is -0.139. The van der Waals surface area contributed by atoms with Gasteiger partial charge in [-0.1, -0.05) is 6.08 Å². The van der Waals surface area contributed by atoms with E-state index in [0.717, 1.165) is 12.8 Å².